The zero-order valence-corrected chi connectivity index (χ0v) is 11.5. The van der Waals surface area contributed by atoms with Gasteiger partial charge in [-0.2, -0.15) is 0 Å². The fraction of sp³-hybridized carbons (Fsp3) is 0.562. The summed E-state index contributed by atoms with van der Waals surface area (Å²) in [5.41, 5.74) is 10.1. The number of nitrogens with two attached hydrogens (primary N) is 1. The lowest BCUT2D eigenvalue weighted by Gasteiger charge is -2.24. The van der Waals surface area contributed by atoms with Gasteiger partial charge in [-0.15, -0.1) is 0 Å². The van der Waals surface area contributed by atoms with Crippen LogP contribution in [0.5, 0.6) is 0 Å². The second kappa shape index (κ2) is 3.83. The molecular formula is C16H21N3. The predicted molar refractivity (Wildman–Crippen MR) is 77.1 cm³/mol. The van der Waals surface area contributed by atoms with Gasteiger partial charge in [0.05, 0.1) is 11.0 Å². The standard InChI is InChI=1S/C16H21N3/c1-11-18-14-10-12(16(17)8-2-3-9-16)4-7-15(14)19(11)13-5-6-13/h4,7,10,13H,2-3,5-6,8-9,17H2,1H3. The number of benzene rings is 1. The lowest BCUT2D eigenvalue weighted by Crippen LogP contribution is -2.32. The molecule has 0 aliphatic heterocycles. The fourth-order valence-electron chi connectivity index (χ4n) is 3.62. The quantitative estimate of drug-likeness (QED) is 0.893. The first kappa shape index (κ1) is 11.5. The number of hydrogen-bond donors (Lipinski definition) is 1. The average Bonchev–Trinajstić information content (AvgIpc) is 3.03. The second-order valence-electron chi connectivity index (χ2n) is 6.33. The molecule has 3 heteroatoms. The van der Waals surface area contributed by atoms with Gasteiger partial charge >= 0.3 is 0 Å². The highest BCUT2D eigenvalue weighted by atomic mass is 15.1. The van der Waals surface area contributed by atoms with E-state index in [-0.39, 0.29) is 5.54 Å². The van der Waals surface area contributed by atoms with E-state index in [4.69, 9.17) is 10.7 Å². The maximum atomic E-state index is 6.55. The Kier molecular flexibility index (Phi) is 2.31. The summed E-state index contributed by atoms with van der Waals surface area (Å²) < 4.78 is 2.40. The molecule has 0 bridgehead atoms. The number of aryl methyl sites for hydroxylation is 1. The molecule has 19 heavy (non-hydrogen) atoms. The zero-order valence-electron chi connectivity index (χ0n) is 11.5. The summed E-state index contributed by atoms with van der Waals surface area (Å²) >= 11 is 0. The Bertz CT molecular complexity index is 631. The topological polar surface area (TPSA) is 43.8 Å². The van der Waals surface area contributed by atoms with Gasteiger partial charge in [0, 0.05) is 11.6 Å². The first-order valence-electron chi connectivity index (χ1n) is 7.45. The zero-order chi connectivity index (χ0) is 13.0. The van der Waals surface area contributed by atoms with Gasteiger partial charge in [-0.3, -0.25) is 0 Å². The van der Waals surface area contributed by atoms with Gasteiger partial charge in [0.2, 0.25) is 0 Å². The van der Waals surface area contributed by atoms with Crippen molar-refractivity contribution in [2.24, 2.45) is 5.73 Å². The fourth-order valence-corrected chi connectivity index (χ4v) is 3.62. The number of fused-ring (bicyclic) bond motifs is 1. The lowest BCUT2D eigenvalue weighted by molar-refractivity contribution is 0.462. The number of nitrogens with zero attached hydrogens (tertiary/aromatic N) is 2. The maximum Gasteiger partial charge on any atom is 0.106 e. The summed E-state index contributed by atoms with van der Waals surface area (Å²) in [5.74, 6) is 1.15. The van der Waals surface area contributed by atoms with Crippen LogP contribution in [0.2, 0.25) is 0 Å². The largest absolute Gasteiger partial charge is 0.325 e. The molecule has 0 radical (unpaired) electrons. The molecule has 1 aromatic carbocycles. The third kappa shape index (κ3) is 1.71. The minimum Gasteiger partial charge on any atom is -0.325 e. The van der Waals surface area contributed by atoms with E-state index in [1.54, 1.807) is 0 Å². The van der Waals surface area contributed by atoms with E-state index in [1.165, 1.54) is 36.8 Å². The Morgan fingerprint density at radius 2 is 2.00 bits per heavy atom. The maximum absolute atomic E-state index is 6.55. The Balaban J connectivity index is 1.84. The van der Waals surface area contributed by atoms with E-state index in [0.717, 1.165) is 24.2 Å². The normalized spacial score (nSPS) is 22.2. The highest BCUT2D eigenvalue weighted by Gasteiger charge is 2.32. The Morgan fingerprint density at radius 1 is 1.26 bits per heavy atom. The molecule has 2 aliphatic rings. The molecule has 0 unspecified atom stereocenters. The minimum atomic E-state index is -0.106. The smallest absolute Gasteiger partial charge is 0.106 e. The van der Waals surface area contributed by atoms with Crippen LogP contribution in [0.1, 0.15) is 56.0 Å². The van der Waals surface area contributed by atoms with Crippen molar-refractivity contribution in [1.82, 2.24) is 9.55 Å². The van der Waals surface area contributed by atoms with Crippen molar-refractivity contribution in [3.8, 4) is 0 Å². The van der Waals surface area contributed by atoms with Crippen LogP contribution in [0.3, 0.4) is 0 Å². The van der Waals surface area contributed by atoms with Gasteiger partial charge in [-0.25, -0.2) is 4.98 Å². The molecule has 4 rings (SSSR count). The first-order chi connectivity index (χ1) is 9.17. The van der Waals surface area contributed by atoms with Crippen LogP contribution >= 0.6 is 0 Å². The van der Waals surface area contributed by atoms with Crippen LogP contribution in [0.4, 0.5) is 0 Å². The van der Waals surface area contributed by atoms with Crippen LogP contribution in [0.25, 0.3) is 11.0 Å². The van der Waals surface area contributed by atoms with Crippen LogP contribution in [-0.2, 0) is 5.54 Å². The molecular weight excluding hydrogens is 234 g/mol. The second-order valence-corrected chi connectivity index (χ2v) is 6.33. The molecule has 100 valence electrons. The monoisotopic (exact) mass is 255 g/mol. The van der Waals surface area contributed by atoms with Gasteiger partial charge in [0.1, 0.15) is 5.82 Å². The van der Waals surface area contributed by atoms with E-state index in [2.05, 4.69) is 29.7 Å². The molecule has 0 spiro atoms. The third-order valence-electron chi connectivity index (χ3n) is 4.85. The van der Waals surface area contributed by atoms with Crippen LogP contribution in [0.15, 0.2) is 18.2 Å². The summed E-state index contributed by atoms with van der Waals surface area (Å²) in [6, 6.07) is 7.38. The van der Waals surface area contributed by atoms with Gasteiger partial charge in [0.15, 0.2) is 0 Å². The van der Waals surface area contributed by atoms with Crippen molar-refractivity contribution in [1.29, 1.82) is 0 Å². The van der Waals surface area contributed by atoms with Crippen molar-refractivity contribution < 1.29 is 0 Å². The van der Waals surface area contributed by atoms with Gasteiger partial charge in [-0.05, 0) is 50.3 Å². The van der Waals surface area contributed by atoms with Crippen molar-refractivity contribution in [2.45, 2.75) is 57.0 Å². The molecule has 0 saturated heterocycles. The Morgan fingerprint density at radius 3 is 2.68 bits per heavy atom. The highest BCUT2D eigenvalue weighted by molar-refractivity contribution is 5.77. The van der Waals surface area contributed by atoms with E-state index >= 15 is 0 Å². The highest BCUT2D eigenvalue weighted by Crippen LogP contribution is 2.40. The first-order valence-corrected chi connectivity index (χ1v) is 7.45. The molecule has 2 fully saturated rings. The predicted octanol–water partition coefficient (Wildman–Crippen LogP) is 3.41. The van der Waals surface area contributed by atoms with Crippen LogP contribution in [0, 0.1) is 6.92 Å². The number of aromatic nitrogens is 2. The molecule has 0 amide bonds. The summed E-state index contributed by atoms with van der Waals surface area (Å²) in [5, 5.41) is 0. The minimum absolute atomic E-state index is 0.106. The molecule has 2 aromatic rings. The summed E-state index contributed by atoms with van der Waals surface area (Å²) in [7, 11) is 0. The van der Waals surface area contributed by atoms with Crippen molar-refractivity contribution in [3.05, 3.63) is 29.6 Å². The molecule has 1 aromatic heterocycles. The number of imidazole rings is 1. The summed E-state index contributed by atoms with van der Waals surface area (Å²) in [4.78, 5) is 4.74. The van der Waals surface area contributed by atoms with Crippen LogP contribution in [-0.4, -0.2) is 9.55 Å². The molecule has 3 nitrogen and oxygen atoms in total. The molecule has 2 N–H and O–H groups in total. The number of rotatable bonds is 2. The van der Waals surface area contributed by atoms with Gasteiger partial charge in [-0.1, -0.05) is 18.9 Å². The van der Waals surface area contributed by atoms with E-state index in [1.807, 2.05) is 0 Å². The average molecular weight is 255 g/mol. The van der Waals surface area contributed by atoms with E-state index < -0.39 is 0 Å². The molecule has 2 saturated carbocycles. The third-order valence-corrected chi connectivity index (χ3v) is 4.85. The SMILES string of the molecule is Cc1nc2cc(C3(N)CCCC3)ccc2n1C1CC1. The molecule has 2 aliphatic carbocycles. The van der Waals surface area contributed by atoms with Crippen molar-refractivity contribution >= 4 is 11.0 Å². The van der Waals surface area contributed by atoms with E-state index in [9.17, 15) is 0 Å². The number of hydrogen-bond acceptors (Lipinski definition) is 2. The van der Waals surface area contributed by atoms with Crippen molar-refractivity contribution in [2.75, 3.05) is 0 Å². The molecule has 1 heterocycles. The Hall–Kier alpha value is -1.35. The van der Waals surface area contributed by atoms with Gasteiger partial charge in [0.25, 0.3) is 0 Å². The van der Waals surface area contributed by atoms with Crippen LogP contribution < -0.4 is 5.73 Å². The van der Waals surface area contributed by atoms with Crippen molar-refractivity contribution in [3.63, 3.8) is 0 Å². The Labute approximate surface area is 113 Å². The summed E-state index contributed by atoms with van der Waals surface area (Å²) in [6.45, 7) is 2.12. The summed E-state index contributed by atoms with van der Waals surface area (Å²) in [6.07, 6.45) is 7.33. The molecule has 0 atom stereocenters. The van der Waals surface area contributed by atoms with Gasteiger partial charge < -0.3 is 10.3 Å². The van der Waals surface area contributed by atoms with E-state index in [0.29, 0.717) is 6.04 Å². The lowest BCUT2D eigenvalue weighted by atomic mass is 9.89.